The average Bonchev–Trinajstić information content (AvgIpc) is 3.85. The summed E-state index contributed by atoms with van der Waals surface area (Å²) in [5.41, 5.74) is 14.3. The van der Waals surface area contributed by atoms with Crippen molar-refractivity contribution in [2.24, 2.45) is 0 Å². The molecule has 244 valence electrons. The summed E-state index contributed by atoms with van der Waals surface area (Å²) in [6.45, 7) is 13.6. The summed E-state index contributed by atoms with van der Waals surface area (Å²) in [6, 6.07) is 32.3. The van der Waals surface area contributed by atoms with Gasteiger partial charge in [0.25, 0.3) is 0 Å². The van der Waals surface area contributed by atoms with E-state index in [1.807, 2.05) is 36.4 Å². The van der Waals surface area contributed by atoms with E-state index in [0.717, 1.165) is 25.7 Å². The molecule has 4 aliphatic carbocycles. The molecule has 0 nitrogen and oxygen atoms in total. The molecule has 4 aromatic rings. The van der Waals surface area contributed by atoms with Crippen LogP contribution < -0.4 is 24.8 Å². The van der Waals surface area contributed by atoms with Crippen molar-refractivity contribution in [1.29, 1.82) is 0 Å². The minimum atomic E-state index is 0. The van der Waals surface area contributed by atoms with E-state index in [1.54, 1.807) is 46.7 Å². The van der Waals surface area contributed by atoms with Crippen molar-refractivity contribution in [1.82, 2.24) is 0 Å². The maximum atomic E-state index is 3.34. The predicted octanol–water partition coefficient (Wildman–Crippen LogP) is 4.92. The molecule has 0 saturated carbocycles. The first-order valence-electron chi connectivity index (χ1n) is 15.8. The van der Waals surface area contributed by atoms with Gasteiger partial charge in [0, 0.05) is 0 Å². The molecule has 0 bridgehead atoms. The van der Waals surface area contributed by atoms with Gasteiger partial charge in [-0.2, -0.15) is 59.7 Å². The summed E-state index contributed by atoms with van der Waals surface area (Å²) in [5, 5.41) is 0. The van der Waals surface area contributed by atoms with E-state index in [2.05, 4.69) is 137 Å². The first kappa shape index (κ1) is 44.6. The van der Waals surface area contributed by atoms with Gasteiger partial charge in [0.05, 0.1) is 0 Å². The maximum absolute atomic E-state index is 3.34. The number of fused-ring (bicyclic) bond motifs is 6. The van der Waals surface area contributed by atoms with Gasteiger partial charge in [0.1, 0.15) is 0 Å². The van der Waals surface area contributed by atoms with Crippen LogP contribution in [0.1, 0.15) is 46.2 Å². The molecule has 0 aliphatic heterocycles. The van der Waals surface area contributed by atoms with Gasteiger partial charge in [-0.05, 0) is 12.8 Å². The molecule has 48 heavy (non-hydrogen) atoms. The Morgan fingerprint density at radius 3 is 1.21 bits per heavy atom. The van der Waals surface area contributed by atoms with Gasteiger partial charge in [-0.25, -0.2) is 24.3 Å². The molecule has 8 rings (SSSR count). The quantitative estimate of drug-likeness (QED) is 0.151. The summed E-state index contributed by atoms with van der Waals surface area (Å²) < 4.78 is 0. The van der Waals surface area contributed by atoms with Crippen molar-refractivity contribution in [2.75, 3.05) is 0 Å². The largest absolute Gasteiger partial charge is 1.00 e. The number of halogens is 2. The standard InChI is InChI=1S/2C14H11.2C5H5.2C2H6Si.2ClH.2Zr/c2*1-10-5-4-7-12-9-11-6-2-3-8-13(11)14(10)12;2*1-2-4-5-3-1;2*1-3-2;;;;/h2*2-6,8H,9H2,1H3;2*1-3H,4H2;2*1-2H3;2*1H;;/q4*-1;;;;;2*+2/p-2. The third kappa shape index (κ3) is 15.2. The van der Waals surface area contributed by atoms with Gasteiger partial charge in [0.15, 0.2) is 0 Å². The van der Waals surface area contributed by atoms with Gasteiger partial charge in [0.2, 0.25) is 0 Å². The number of aryl methyl sites for hydroxylation is 2. The fraction of sp³-hybridized carbons (Fsp3) is 0.238. The third-order valence-electron chi connectivity index (χ3n) is 7.05. The number of benzene rings is 4. The SMILES string of the molecule is C[Si](C)=[Zr+2].C[Si](C)=[Zr+2].Cc1cc[c-]c2c1-c1ccccc1C2.Cc1cc[c-]c2c1-c1ccccc1C2.[C-]1=CC=CC1.[C-]1=CC=CC1.[Cl-].[Cl-]. The first-order chi connectivity index (χ1) is 22.2. The minimum Gasteiger partial charge on any atom is -1.00 e. The van der Waals surface area contributed by atoms with Gasteiger partial charge >= 0.3 is 83.7 Å². The Kier molecular flexibility index (Phi) is 23.0. The van der Waals surface area contributed by atoms with Crippen LogP contribution in [0.15, 0.2) is 109 Å². The summed E-state index contributed by atoms with van der Waals surface area (Å²) in [4.78, 5) is 0. The third-order valence-corrected chi connectivity index (χ3v) is 7.05. The van der Waals surface area contributed by atoms with Crippen molar-refractivity contribution >= 4 is 10.9 Å². The van der Waals surface area contributed by atoms with E-state index >= 15 is 0 Å². The van der Waals surface area contributed by atoms with Crippen molar-refractivity contribution in [3.63, 3.8) is 0 Å². The summed E-state index contributed by atoms with van der Waals surface area (Å²) in [5.74, 6) is 0. The fourth-order valence-electron chi connectivity index (χ4n) is 5.25. The first-order valence-corrected chi connectivity index (χ1v) is 28.2. The summed E-state index contributed by atoms with van der Waals surface area (Å²) in [6.07, 6.45) is 22.1. The van der Waals surface area contributed by atoms with Crippen LogP contribution in [-0.4, -0.2) is 10.9 Å². The average molecular weight is 858 g/mol. The molecule has 0 heterocycles. The second-order valence-corrected chi connectivity index (χ2v) is 30.5. The summed E-state index contributed by atoms with van der Waals surface area (Å²) >= 11 is 3.48. The van der Waals surface area contributed by atoms with Crippen LogP contribution in [0, 0.1) is 38.1 Å². The Labute approximate surface area is 333 Å². The number of rotatable bonds is 0. The number of hydrogen-bond donors (Lipinski definition) is 0. The summed E-state index contributed by atoms with van der Waals surface area (Å²) in [7, 11) is 0. The zero-order valence-electron chi connectivity index (χ0n) is 29.0. The van der Waals surface area contributed by atoms with Crippen molar-refractivity contribution in [2.45, 2.75) is 65.7 Å². The molecule has 0 radical (unpaired) electrons. The Hall–Kier alpha value is -1.38. The van der Waals surface area contributed by atoms with Crippen LogP contribution in [0.5, 0.6) is 0 Å². The Morgan fingerprint density at radius 2 is 0.917 bits per heavy atom. The van der Waals surface area contributed by atoms with Crippen molar-refractivity contribution < 1.29 is 71.5 Å². The van der Waals surface area contributed by atoms with Crippen LogP contribution in [-0.2, 0) is 59.5 Å². The van der Waals surface area contributed by atoms with Crippen molar-refractivity contribution in [3.05, 3.63) is 167 Å². The normalized spacial score (nSPS) is 12.0. The van der Waals surface area contributed by atoms with E-state index in [4.69, 9.17) is 0 Å². The Balaban J connectivity index is 0.000000314. The molecule has 0 fully saturated rings. The van der Waals surface area contributed by atoms with Crippen LogP contribution in [0.2, 0.25) is 26.2 Å². The maximum Gasteiger partial charge on any atom is -0.0253 e. The second-order valence-electron chi connectivity index (χ2n) is 11.7. The molecule has 0 aromatic heterocycles. The number of allylic oxidation sites excluding steroid dienone is 8. The topological polar surface area (TPSA) is 0 Å². The monoisotopic (exact) mass is 854 g/mol. The minimum absolute atomic E-state index is 0. The van der Waals surface area contributed by atoms with Gasteiger partial charge in [-0.3, -0.25) is 12.2 Å². The van der Waals surface area contributed by atoms with Crippen molar-refractivity contribution in [3.8, 4) is 22.3 Å². The molecule has 6 heteroatoms. The smallest absolute Gasteiger partial charge is 0.0253 e. The molecular weight excluding hydrogens is 814 g/mol. The molecule has 0 saturated heterocycles. The fourth-order valence-corrected chi connectivity index (χ4v) is 5.25. The van der Waals surface area contributed by atoms with Crippen LogP contribution in [0.3, 0.4) is 0 Å². The van der Waals surface area contributed by atoms with E-state index in [9.17, 15) is 0 Å². The predicted molar refractivity (Wildman–Crippen MR) is 195 cm³/mol. The zero-order chi connectivity index (χ0) is 33.3. The zero-order valence-corrected chi connectivity index (χ0v) is 37.4. The van der Waals surface area contributed by atoms with Gasteiger partial charge in [-0.15, -0.1) is 35.1 Å². The molecule has 0 amide bonds. The van der Waals surface area contributed by atoms with Gasteiger partial charge < -0.3 is 24.8 Å². The molecule has 0 N–H and O–H groups in total. The van der Waals surface area contributed by atoms with E-state index in [1.165, 1.54) is 55.6 Å². The molecular formula is C42H44Cl2Si2Zr2-2. The molecule has 0 atom stereocenters. The van der Waals surface area contributed by atoms with E-state index < -0.39 is 0 Å². The second kappa shape index (κ2) is 24.7. The Bertz CT molecular complexity index is 1600. The van der Waals surface area contributed by atoms with E-state index in [0.29, 0.717) is 0 Å². The van der Waals surface area contributed by atoms with Crippen LogP contribution >= 0.6 is 0 Å². The molecule has 0 unspecified atom stereocenters. The van der Waals surface area contributed by atoms with Crippen LogP contribution in [0.25, 0.3) is 22.3 Å². The molecule has 4 aromatic carbocycles. The van der Waals surface area contributed by atoms with Crippen LogP contribution in [0.4, 0.5) is 0 Å². The van der Waals surface area contributed by atoms with E-state index in [-0.39, 0.29) is 35.7 Å². The number of hydrogen-bond acceptors (Lipinski definition) is 0. The van der Waals surface area contributed by atoms with Gasteiger partial charge in [-0.1, -0.05) is 84.6 Å². The molecule has 4 aliphatic rings. The Morgan fingerprint density at radius 1 is 0.562 bits per heavy atom. The molecule has 0 spiro atoms.